The van der Waals surface area contributed by atoms with Gasteiger partial charge in [-0.3, -0.25) is 0 Å². The normalized spacial score (nSPS) is 17.4. The standard InChI is InChI=1S/C13H18BrN3O2/c1-16-5-3-10(4-6-16)17(2)12-11(13(18)19)7-9(14)8-15-12/h7-8,10H,3-6H2,1-2H3,(H,18,19). The highest BCUT2D eigenvalue weighted by Gasteiger charge is 2.24. The summed E-state index contributed by atoms with van der Waals surface area (Å²) in [6, 6.07) is 1.96. The smallest absolute Gasteiger partial charge is 0.339 e. The number of hydrogen-bond acceptors (Lipinski definition) is 4. The third-order valence-corrected chi connectivity index (χ3v) is 4.07. The highest BCUT2D eigenvalue weighted by molar-refractivity contribution is 9.10. The summed E-state index contributed by atoms with van der Waals surface area (Å²) in [6.07, 6.45) is 3.71. The summed E-state index contributed by atoms with van der Waals surface area (Å²) in [4.78, 5) is 19.9. The fourth-order valence-electron chi connectivity index (χ4n) is 2.43. The Kier molecular flexibility index (Phi) is 4.42. The van der Waals surface area contributed by atoms with E-state index in [1.54, 1.807) is 12.3 Å². The Hall–Kier alpha value is -1.14. The van der Waals surface area contributed by atoms with E-state index < -0.39 is 5.97 Å². The van der Waals surface area contributed by atoms with Crippen molar-refractivity contribution in [3.8, 4) is 0 Å². The van der Waals surface area contributed by atoms with Crippen LogP contribution < -0.4 is 4.90 Å². The second-order valence-electron chi connectivity index (χ2n) is 4.98. The topological polar surface area (TPSA) is 56.7 Å². The molecule has 104 valence electrons. The van der Waals surface area contributed by atoms with E-state index in [1.165, 1.54) is 0 Å². The molecule has 0 aliphatic carbocycles. The molecule has 0 amide bonds. The molecule has 0 atom stereocenters. The lowest BCUT2D eigenvalue weighted by Gasteiger charge is -2.36. The van der Waals surface area contributed by atoms with Crippen LogP contribution in [0.3, 0.4) is 0 Å². The maximum absolute atomic E-state index is 11.3. The third-order valence-electron chi connectivity index (χ3n) is 3.63. The van der Waals surface area contributed by atoms with Crippen molar-refractivity contribution in [2.45, 2.75) is 18.9 Å². The van der Waals surface area contributed by atoms with E-state index in [2.05, 4.69) is 32.9 Å². The Balaban J connectivity index is 2.23. The van der Waals surface area contributed by atoms with E-state index in [4.69, 9.17) is 0 Å². The minimum atomic E-state index is -0.941. The first kappa shape index (κ1) is 14.3. The van der Waals surface area contributed by atoms with Crippen LogP contribution in [0.4, 0.5) is 5.82 Å². The minimum absolute atomic E-state index is 0.246. The molecule has 1 fully saturated rings. The molecule has 0 unspecified atom stereocenters. The van der Waals surface area contributed by atoms with Gasteiger partial charge >= 0.3 is 5.97 Å². The summed E-state index contributed by atoms with van der Waals surface area (Å²) in [6.45, 7) is 2.07. The van der Waals surface area contributed by atoms with E-state index in [1.807, 2.05) is 11.9 Å². The Morgan fingerprint density at radius 2 is 2.16 bits per heavy atom. The van der Waals surface area contributed by atoms with Crippen molar-refractivity contribution in [1.29, 1.82) is 0 Å². The van der Waals surface area contributed by atoms with E-state index in [0.29, 0.717) is 16.3 Å². The molecule has 0 aromatic carbocycles. The van der Waals surface area contributed by atoms with Crippen molar-refractivity contribution in [3.63, 3.8) is 0 Å². The average Bonchev–Trinajstić information content (AvgIpc) is 2.38. The summed E-state index contributed by atoms with van der Waals surface area (Å²) >= 11 is 3.27. The van der Waals surface area contributed by atoms with Crippen LogP contribution in [0.15, 0.2) is 16.7 Å². The van der Waals surface area contributed by atoms with Gasteiger partial charge in [0.1, 0.15) is 11.4 Å². The lowest BCUT2D eigenvalue weighted by molar-refractivity contribution is 0.0697. The largest absolute Gasteiger partial charge is 0.478 e. The number of piperidine rings is 1. The highest BCUT2D eigenvalue weighted by atomic mass is 79.9. The van der Waals surface area contributed by atoms with Crippen LogP contribution in [0.2, 0.25) is 0 Å². The predicted molar refractivity (Wildman–Crippen MR) is 77.8 cm³/mol. The zero-order chi connectivity index (χ0) is 14.0. The van der Waals surface area contributed by atoms with Gasteiger partial charge in [-0.1, -0.05) is 0 Å². The number of pyridine rings is 1. The molecule has 0 radical (unpaired) electrons. The van der Waals surface area contributed by atoms with Crippen molar-refractivity contribution in [2.24, 2.45) is 0 Å². The molecule has 6 heteroatoms. The number of carboxylic acid groups (broad SMARTS) is 1. The lowest BCUT2D eigenvalue weighted by Crippen LogP contribution is -2.42. The average molecular weight is 328 g/mol. The second-order valence-corrected chi connectivity index (χ2v) is 5.89. The summed E-state index contributed by atoms with van der Waals surface area (Å²) in [5.41, 5.74) is 0.246. The molecule has 1 aromatic rings. The molecule has 0 saturated carbocycles. The first-order valence-corrected chi connectivity index (χ1v) is 7.08. The molecule has 0 bridgehead atoms. The number of halogens is 1. The maximum Gasteiger partial charge on any atom is 0.339 e. The molecular weight excluding hydrogens is 310 g/mol. The van der Waals surface area contributed by atoms with Gasteiger partial charge in [0.25, 0.3) is 0 Å². The van der Waals surface area contributed by atoms with Crippen molar-refractivity contribution in [3.05, 3.63) is 22.3 Å². The first-order chi connectivity index (χ1) is 8.99. The number of aromatic carboxylic acids is 1. The van der Waals surface area contributed by atoms with Gasteiger partial charge in [-0.25, -0.2) is 9.78 Å². The molecule has 5 nitrogen and oxygen atoms in total. The zero-order valence-corrected chi connectivity index (χ0v) is 12.7. The summed E-state index contributed by atoms with van der Waals surface area (Å²) < 4.78 is 0.686. The van der Waals surface area contributed by atoms with Crippen LogP contribution in [0.25, 0.3) is 0 Å². The number of carbonyl (C=O) groups is 1. The Morgan fingerprint density at radius 3 is 2.74 bits per heavy atom. The van der Waals surface area contributed by atoms with E-state index in [0.717, 1.165) is 25.9 Å². The predicted octanol–water partition coefficient (Wildman–Crippen LogP) is 2.07. The van der Waals surface area contributed by atoms with Crippen LogP contribution in [-0.4, -0.2) is 54.2 Å². The second kappa shape index (κ2) is 5.88. The van der Waals surface area contributed by atoms with Gasteiger partial charge < -0.3 is 14.9 Å². The van der Waals surface area contributed by atoms with Crippen molar-refractivity contribution >= 4 is 27.7 Å². The van der Waals surface area contributed by atoms with Crippen LogP contribution in [0, 0.1) is 0 Å². The molecule has 1 N–H and O–H groups in total. The van der Waals surface area contributed by atoms with E-state index >= 15 is 0 Å². The monoisotopic (exact) mass is 327 g/mol. The Morgan fingerprint density at radius 1 is 1.53 bits per heavy atom. The van der Waals surface area contributed by atoms with Gasteiger partial charge in [-0.15, -0.1) is 0 Å². The first-order valence-electron chi connectivity index (χ1n) is 6.29. The summed E-state index contributed by atoms with van der Waals surface area (Å²) in [5.74, 6) is -0.395. The maximum atomic E-state index is 11.3. The molecule has 1 aromatic heterocycles. The number of rotatable bonds is 3. The Bertz CT molecular complexity index is 473. The van der Waals surface area contributed by atoms with Gasteiger partial charge in [0.05, 0.1) is 0 Å². The molecule has 19 heavy (non-hydrogen) atoms. The van der Waals surface area contributed by atoms with Gasteiger partial charge in [0.2, 0.25) is 0 Å². The van der Waals surface area contributed by atoms with Gasteiger partial charge in [-0.2, -0.15) is 0 Å². The SMILES string of the molecule is CN1CCC(N(C)c2ncc(Br)cc2C(=O)O)CC1. The third kappa shape index (κ3) is 3.25. The molecule has 2 rings (SSSR count). The molecule has 1 aliphatic heterocycles. The zero-order valence-electron chi connectivity index (χ0n) is 11.1. The van der Waals surface area contributed by atoms with Gasteiger partial charge in [0, 0.05) is 23.8 Å². The number of carboxylic acids is 1. The van der Waals surface area contributed by atoms with Crippen LogP contribution in [0.1, 0.15) is 23.2 Å². The number of anilines is 1. The summed E-state index contributed by atoms with van der Waals surface area (Å²) in [7, 11) is 4.04. The lowest BCUT2D eigenvalue weighted by atomic mass is 10.0. The van der Waals surface area contributed by atoms with Crippen molar-refractivity contribution in [1.82, 2.24) is 9.88 Å². The van der Waals surface area contributed by atoms with Crippen molar-refractivity contribution < 1.29 is 9.90 Å². The van der Waals surface area contributed by atoms with E-state index in [-0.39, 0.29) is 5.56 Å². The number of nitrogens with zero attached hydrogens (tertiary/aromatic N) is 3. The number of aromatic nitrogens is 1. The molecule has 0 spiro atoms. The molecular formula is C13H18BrN3O2. The summed E-state index contributed by atoms with van der Waals surface area (Å²) in [5, 5.41) is 9.28. The van der Waals surface area contributed by atoms with Crippen molar-refractivity contribution in [2.75, 3.05) is 32.1 Å². The Labute approximate surface area is 121 Å². The quantitative estimate of drug-likeness (QED) is 0.921. The molecule has 1 aliphatic rings. The number of hydrogen-bond donors (Lipinski definition) is 1. The van der Waals surface area contributed by atoms with E-state index in [9.17, 15) is 9.90 Å². The molecule has 1 saturated heterocycles. The van der Waals surface area contributed by atoms with Crippen LogP contribution >= 0.6 is 15.9 Å². The fourth-order valence-corrected chi connectivity index (χ4v) is 2.76. The van der Waals surface area contributed by atoms with Crippen LogP contribution in [-0.2, 0) is 0 Å². The minimum Gasteiger partial charge on any atom is -0.478 e. The highest BCUT2D eigenvalue weighted by Crippen LogP contribution is 2.25. The van der Waals surface area contributed by atoms with Gasteiger partial charge in [-0.05, 0) is 55.0 Å². The number of likely N-dealkylation sites (tertiary alicyclic amines) is 1. The van der Waals surface area contributed by atoms with Gasteiger partial charge in [0.15, 0.2) is 0 Å². The fraction of sp³-hybridized carbons (Fsp3) is 0.538. The van der Waals surface area contributed by atoms with Crippen LogP contribution in [0.5, 0.6) is 0 Å². The molecule has 2 heterocycles.